The van der Waals surface area contributed by atoms with Gasteiger partial charge in [0.15, 0.2) is 0 Å². The standard InChI is InChI=1S/C10H13NS/c1-2-7-11-8-12-10-6-4-3-5-9(10)11/h3-6H,2,7-8H2,1H3. The summed E-state index contributed by atoms with van der Waals surface area (Å²) in [5.41, 5.74) is 1.42. The van der Waals surface area contributed by atoms with Crippen LogP contribution in [0, 0.1) is 0 Å². The average molecular weight is 179 g/mol. The van der Waals surface area contributed by atoms with E-state index in [-0.39, 0.29) is 0 Å². The van der Waals surface area contributed by atoms with Gasteiger partial charge in [0.25, 0.3) is 0 Å². The molecule has 0 radical (unpaired) electrons. The summed E-state index contributed by atoms with van der Waals surface area (Å²) in [6.07, 6.45) is 1.23. The zero-order chi connectivity index (χ0) is 8.39. The minimum Gasteiger partial charge on any atom is -0.361 e. The lowest BCUT2D eigenvalue weighted by molar-refractivity contribution is 0.842. The van der Waals surface area contributed by atoms with Crippen molar-refractivity contribution in [2.24, 2.45) is 0 Å². The number of benzene rings is 1. The second kappa shape index (κ2) is 3.40. The van der Waals surface area contributed by atoms with Crippen LogP contribution in [0.2, 0.25) is 0 Å². The second-order valence-corrected chi connectivity index (χ2v) is 3.99. The van der Waals surface area contributed by atoms with Gasteiger partial charge in [-0.15, -0.1) is 11.8 Å². The molecule has 1 heterocycles. The molecule has 0 unspecified atom stereocenters. The molecule has 0 aromatic heterocycles. The topological polar surface area (TPSA) is 3.24 Å². The quantitative estimate of drug-likeness (QED) is 0.686. The van der Waals surface area contributed by atoms with E-state index < -0.39 is 0 Å². The molecule has 0 saturated heterocycles. The minimum atomic E-state index is 1.13. The molecule has 0 N–H and O–H groups in total. The van der Waals surface area contributed by atoms with Crippen LogP contribution < -0.4 is 4.90 Å². The molecule has 0 spiro atoms. The number of hydrogen-bond donors (Lipinski definition) is 0. The SMILES string of the molecule is CCCN1CSc2ccccc21. The van der Waals surface area contributed by atoms with Gasteiger partial charge >= 0.3 is 0 Å². The predicted molar refractivity (Wildman–Crippen MR) is 54.8 cm³/mol. The molecule has 0 atom stereocenters. The Balaban J connectivity index is 2.24. The molecule has 12 heavy (non-hydrogen) atoms. The van der Waals surface area contributed by atoms with Gasteiger partial charge in [0.05, 0.1) is 11.6 Å². The summed E-state index contributed by atoms with van der Waals surface area (Å²) in [6.45, 7) is 3.41. The zero-order valence-electron chi connectivity index (χ0n) is 7.29. The van der Waals surface area contributed by atoms with Gasteiger partial charge in [-0.2, -0.15) is 0 Å². The maximum atomic E-state index is 2.44. The summed E-state index contributed by atoms with van der Waals surface area (Å²) in [5.74, 6) is 1.13. The van der Waals surface area contributed by atoms with Crippen molar-refractivity contribution < 1.29 is 0 Å². The van der Waals surface area contributed by atoms with Gasteiger partial charge in [-0.25, -0.2) is 0 Å². The number of para-hydroxylation sites is 1. The maximum absolute atomic E-state index is 2.44. The van der Waals surface area contributed by atoms with Crippen molar-refractivity contribution in [2.75, 3.05) is 17.3 Å². The summed E-state index contributed by atoms with van der Waals surface area (Å²) >= 11 is 1.94. The average Bonchev–Trinajstić information content (AvgIpc) is 2.50. The van der Waals surface area contributed by atoms with Crippen LogP contribution in [0.15, 0.2) is 29.2 Å². The Kier molecular flexibility index (Phi) is 2.26. The Hall–Kier alpha value is -0.630. The highest BCUT2D eigenvalue weighted by Gasteiger charge is 2.17. The van der Waals surface area contributed by atoms with Crippen LogP contribution in [0.25, 0.3) is 0 Å². The fraction of sp³-hybridized carbons (Fsp3) is 0.400. The third-order valence-electron chi connectivity index (χ3n) is 2.08. The number of fused-ring (bicyclic) bond motifs is 1. The molecular formula is C10H13NS. The van der Waals surface area contributed by atoms with Gasteiger partial charge in [0, 0.05) is 11.4 Å². The van der Waals surface area contributed by atoms with Crippen molar-refractivity contribution in [2.45, 2.75) is 18.2 Å². The Morgan fingerprint density at radius 2 is 2.25 bits per heavy atom. The smallest absolute Gasteiger partial charge is 0.0686 e. The Morgan fingerprint density at radius 3 is 3.08 bits per heavy atom. The highest BCUT2D eigenvalue weighted by Crippen LogP contribution is 2.37. The van der Waals surface area contributed by atoms with E-state index in [0.29, 0.717) is 0 Å². The molecule has 1 aliphatic rings. The van der Waals surface area contributed by atoms with Crippen molar-refractivity contribution in [1.29, 1.82) is 0 Å². The highest BCUT2D eigenvalue weighted by atomic mass is 32.2. The summed E-state index contributed by atoms with van der Waals surface area (Å²) in [4.78, 5) is 3.88. The van der Waals surface area contributed by atoms with E-state index in [1.165, 1.54) is 23.5 Å². The molecule has 1 nitrogen and oxygen atoms in total. The fourth-order valence-corrected chi connectivity index (χ4v) is 2.60. The van der Waals surface area contributed by atoms with E-state index in [4.69, 9.17) is 0 Å². The van der Waals surface area contributed by atoms with E-state index in [0.717, 1.165) is 5.88 Å². The lowest BCUT2D eigenvalue weighted by atomic mass is 10.3. The number of nitrogens with zero attached hydrogens (tertiary/aromatic N) is 1. The van der Waals surface area contributed by atoms with Crippen LogP contribution in [0.4, 0.5) is 5.69 Å². The Morgan fingerprint density at radius 1 is 1.42 bits per heavy atom. The van der Waals surface area contributed by atoms with Crippen LogP contribution >= 0.6 is 11.8 Å². The number of anilines is 1. The molecule has 1 aliphatic heterocycles. The fourth-order valence-electron chi connectivity index (χ4n) is 1.51. The first-order valence-corrected chi connectivity index (χ1v) is 5.37. The van der Waals surface area contributed by atoms with E-state index in [1.807, 2.05) is 11.8 Å². The third-order valence-corrected chi connectivity index (χ3v) is 3.17. The summed E-state index contributed by atoms with van der Waals surface area (Å²) < 4.78 is 0. The Bertz CT molecular complexity index is 270. The number of hydrogen-bond acceptors (Lipinski definition) is 2. The van der Waals surface area contributed by atoms with Crippen LogP contribution in [-0.2, 0) is 0 Å². The Labute approximate surface area is 77.8 Å². The molecule has 1 aromatic carbocycles. The van der Waals surface area contributed by atoms with Gasteiger partial charge in [0.2, 0.25) is 0 Å². The van der Waals surface area contributed by atoms with Gasteiger partial charge < -0.3 is 4.90 Å². The van der Waals surface area contributed by atoms with Gasteiger partial charge in [-0.3, -0.25) is 0 Å². The molecule has 0 saturated carbocycles. The van der Waals surface area contributed by atoms with E-state index in [1.54, 1.807) is 0 Å². The van der Waals surface area contributed by atoms with Crippen molar-refractivity contribution in [3.63, 3.8) is 0 Å². The zero-order valence-corrected chi connectivity index (χ0v) is 8.10. The van der Waals surface area contributed by atoms with Crippen molar-refractivity contribution in [3.8, 4) is 0 Å². The van der Waals surface area contributed by atoms with Crippen LogP contribution in [0.3, 0.4) is 0 Å². The number of thioether (sulfide) groups is 1. The van der Waals surface area contributed by atoms with Crippen LogP contribution in [0.5, 0.6) is 0 Å². The van der Waals surface area contributed by atoms with Crippen LogP contribution in [0.1, 0.15) is 13.3 Å². The van der Waals surface area contributed by atoms with Crippen molar-refractivity contribution in [1.82, 2.24) is 0 Å². The molecule has 0 bridgehead atoms. The van der Waals surface area contributed by atoms with Gasteiger partial charge in [-0.1, -0.05) is 19.1 Å². The lowest BCUT2D eigenvalue weighted by Gasteiger charge is -2.16. The third kappa shape index (κ3) is 1.31. The minimum absolute atomic E-state index is 1.13. The first-order valence-electron chi connectivity index (χ1n) is 4.38. The molecule has 2 heteroatoms. The molecular weight excluding hydrogens is 166 g/mol. The monoisotopic (exact) mass is 179 g/mol. The summed E-state index contributed by atoms with van der Waals surface area (Å²) in [7, 11) is 0. The highest BCUT2D eigenvalue weighted by molar-refractivity contribution is 7.99. The van der Waals surface area contributed by atoms with Crippen LogP contribution in [-0.4, -0.2) is 12.4 Å². The second-order valence-electron chi connectivity index (χ2n) is 3.00. The molecule has 0 amide bonds. The molecule has 0 aliphatic carbocycles. The molecule has 64 valence electrons. The molecule has 2 rings (SSSR count). The predicted octanol–water partition coefficient (Wildman–Crippen LogP) is 2.97. The van der Waals surface area contributed by atoms with Crippen molar-refractivity contribution in [3.05, 3.63) is 24.3 Å². The van der Waals surface area contributed by atoms with Crippen molar-refractivity contribution >= 4 is 17.4 Å². The van der Waals surface area contributed by atoms with Gasteiger partial charge in [0.1, 0.15) is 0 Å². The normalized spacial score (nSPS) is 14.9. The summed E-state index contributed by atoms with van der Waals surface area (Å²) in [6, 6.07) is 8.65. The first kappa shape index (κ1) is 7.99. The first-order chi connectivity index (χ1) is 5.92. The lowest BCUT2D eigenvalue weighted by Crippen LogP contribution is -2.19. The van der Waals surface area contributed by atoms with E-state index >= 15 is 0 Å². The molecule has 1 aromatic rings. The number of rotatable bonds is 2. The largest absolute Gasteiger partial charge is 0.361 e. The van der Waals surface area contributed by atoms with E-state index in [2.05, 4.69) is 36.1 Å². The van der Waals surface area contributed by atoms with E-state index in [9.17, 15) is 0 Å². The summed E-state index contributed by atoms with van der Waals surface area (Å²) in [5, 5.41) is 0. The molecule has 0 fully saturated rings. The van der Waals surface area contributed by atoms with Gasteiger partial charge in [-0.05, 0) is 18.6 Å². The maximum Gasteiger partial charge on any atom is 0.0686 e.